The molecule has 1 unspecified atom stereocenters. The number of carbonyl (C=O) groups is 1. The average molecular weight is 386 g/mol. The lowest BCUT2D eigenvalue weighted by Gasteiger charge is -2.26. The molecular weight excluding hydrogens is 363 g/mol. The SMILES string of the molecule is CCCCN(CC1CCCN1)C(=O)c1ccc(I)cc1. The second-order valence-electron chi connectivity index (χ2n) is 5.40. The summed E-state index contributed by atoms with van der Waals surface area (Å²) in [4.78, 5) is 14.7. The number of hydrogen-bond acceptors (Lipinski definition) is 2. The zero-order valence-electron chi connectivity index (χ0n) is 12.1. The number of carbonyl (C=O) groups excluding carboxylic acids is 1. The zero-order valence-corrected chi connectivity index (χ0v) is 14.2. The Kier molecular flexibility index (Phi) is 6.29. The van der Waals surface area contributed by atoms with Crippen LogP contribution >= 0.6 is 22.6 Å². The van der Waals surface area contributed by atoms with Crippen molar-refractivity contribution >= 4 is 28.5 Å². The van der Waals surface area contributed by atoms with Crippen molar-refractivity contribution in [1.82, 2.24) is 10.2 Å². The third kappa shape index (κ3) is 4.45. The largest absolute Gasteiger partial charge is 0.337 e. The molecule has 0 bridgehead atoms. The van der Waals surface area contributed by atoms with Crippen LogP contribution in [0.2, 0.25) is 0 Å². The van der Waals surface area contributed by atoms with E-state index < -0.39 is 0 Å². The maximum atomic E-state index is 12.6. The highest BCUT2D eigenvalue weighted by Gasteiger charge is 2.21. The Labute approximate surface area is 135 Å². The van der Waals surface area contributed by atoms with Crippen molar-refractivity contribution in [3.8, 4) is 0 Å². The highest BCUT2D eigenvalue weighted by molar-refractivity contribution is 14.1. The van der Waals surface area contributed by atoms with Crippen LogP contribution < -0.4 is 5.32 Å². The fourth-order valence-corrected chi connectivity index (χ4v) is 2.94. The fourth-order valence-electron chi connectivity index (χ4n) is 2.58. The maximum absolute atomic E-state index is 12.6. The number of unbranched alkanes of at least 4 members (excludes halogenated alkanes) is 1. The molecular formula is C16H23IN2O. The second kappa shape index (κ2) is 7.98. The number of hydrogen-bond donors (Lipinski definition) is 1. The van der Waals surface area contributed by atoms with Gasteiger partial charge in [-0.3, -0.25) is 4.79 Å². The van der Waals surface area contributed by atoms with Gasteiger partial charge in [0.1, 0.15) is 0 Å². The highest BCUT2D eigenvalue weighted by Crippen LogP contribution is 2.13. The molecule has 0 aromatic heterocycles. The van der Waals surface area contributed by atoms with E-state index in [1.54, 1.807) is 0 Å². The summed E-state index contributed by atoms with van der Waals surface area (Å²) in [6.07, 6.45) is 4.60. The molecule has 1 aromatic rings. The van der Waals surface area contributed by atoms with Gasteiger partial charge < -0.3 is 10.2 Å². The quantitative estimate of drug-likeness (QED) is 0.762. The Balaban J connectivity index is 2.03. The number of halogens is 1. The van der Waals surface area contributed by atoms with E-state index in [9.17, 15) is 4.79 Å². The molecule has 0 radical (unpaired) electrons. The third-order valence-electron chi connectivity index (χ3n) is 3.76. The first kappa shape index (κ1) is 15.8. The zero-order chi connectivity index (χ0) is 14.4. The van der Waals surface area contributed by atoms with E-state index >= 15 is 0 Å². The van der Waals surface area contributed by atoms with Gasteiger partial charge in [0.15, 0.2) is 0 Å². The van der Waals surface area contributed by atoms with Crippen molar-refractivity contribution in [3.63, 3.8) is 0 Å². The van der Waals surface area contributed by atoms with Gasteiger partial charge in [0, 0.05) is 28.3 Å². The second-order valence-corrected chi connectivity index (χ2v) is 6.65. The summed E-state index contributed by atoms with van der Waals surface area (Å²) < 4.78 is 1.16. The van der Waals surface area contributed by atoms with Crippen molar-refractivity contribution in [2.24, 2.45) is 0 Å². The van der Waals surface area contributed by atoms with Gasteiger partial charge in [-0.1, -0.05) is 13.3 Å². The molecule has 1 heterocycles. The van der Waals surface area contributed by atoms with Gasteiger partial charge in [0.2, 0.25) is 0 Å². The molecule has 1 N–H and O–H groups in total. The van der Waals surface area contributed by atoms with Crippen LogP contribution in [0.4, 0.5) is 0 Å². The smallest absolute Gasteiger partial charge is 0.253 e. The molecule has 0 aliphatic carbocycles. The molecule has 1 aliphatic heterocycles. The molecule has 1 amide bonds. The maximum Gasteiger partial charge on any atom is 0.253 e. The molecule has 1 aliphatic rings. The van der Waals surface area contributed by atoms with Crippen molar-refractivity contribution in [1.29, 1.82) is 0 Å². The summed E-state index contributed by atoms with van der Waals surface area (Å²) in [7, 11) is 0. The van der Waals surface area contributed by atoms with E-state index in [2.05, 4.69) is 34.8 Å². The van der Waals surface area contributed by atoms with Gasteiger partial charge in [0.05, 0.1) is 0 Å². The summed E-state index contributed by atoms with van der Waals surface area (Å²) in [5, 5.41) is 3.48. The molecule has 0 spiro atoms. The molecule has 1 fully saturated rings. The molecule has 4 heteroatoms. The molecule has 1 aromatic carbocycles. The van der Waals surface area contributed by atoms with E-state index in [0.717, 1.165) is 41.6 Å². The number of amides is 1. The first-order valence-corrected chi connectivity index (χ1v) is 8.57. The standard InChI is InChI=1S/C16H23IN2O/c1-2-3-11-19(12-15-5-4-10-18-15)16(20)13-6-8-14(17)9-7-13/h6-9,15,18H,2-5,10-12H2,1H3. The molecule has 0 saturated carbocycles. The average Bonchev–Trinajstić information content (AvgIpc) is 2.96. The minimum absolute atomic E-state index is 0.170. The van der Waals surface area contributed by atoms with Crippen LogP contribution in [-0.2, 0) is 0 Å². The van der Waals surface area contributed by atoms with Crippen LogP contribution in [0.15, 0.2) is 24.3 Å². The lowest BCUT2D eigenvalue weighted by Crippen LogP contribution is -2.41. The molecule has 1 atom stereocenters. The van der Waals surface area contributed by atoms with Crippen LogP contribution in [0.25, 0.3) is 0 Å². The highest BCUT2D eigenvalue weighted by atomic mass is 127. The summed E-state index contributed by atoms with van der Waals surface area (Å²) in [5.74, 6) is 0.170. The minimum Gasteiger partial charge on any atom is -0.337 e. The Morgan fingerprint density at radius 3 is 2.75 bits per heavy atom. The first-order chi connectivity index (χ1) is 9.70. The Hall–Kier alpha value is -0.620. The molecule has 3 nitrogen and oxygen atoms in total. The van der Waals surface area contributed by atoms with Gasteiger partial charge >= 0.3 is 0 Å². The summed E-state index contributed by atoms with van der Waals surface area (Å²) in [6, 6.07) is 8.34. The number of benzene rings is 1. The van der Waals surface area contributed by atoms with Crippen molar-refractivity contribution in [2.45, 2.75) is 38.6 Å². The lowest BCUT2D eigenvalue weighted by atomic mass is 10.1. The van der Waals surface area contributed by atoms with E-state index in [0.29, 0.717) is 6.04 Å². The van der Waals surface area contributed by atoms with Crippen LogP contribution in [0.5, 0.6) is 0 Å². The van der Waals surface area contributed by atoms with Crippen molar-refractivity contribution < 1.29 is 4.79 Å². The monoisotopic (exact) mass is 386 g/mol. The van der Waals surface area contributed by atoms with Gasteiger partial charge in [-0.25, -0.2) is 0 Å². The van der Waals surface area contributed by atoms with E-state index in [-0.39, 0.29) is 5.91 Å². The molecule has 110 valence electrons. The summed E-state index contributed by atoms with van der Waals surface area (Å²) in [5.41, 5.74) is 0.805. The first-order valence-electron chi connectivity index (χ1n) is 7.49. The van der Waals surface area contributed by atoms with E-state index in [1.165, 1.54) is 12.8 Å². The van der Waals surface area contributed by atoms with Crippen LogP contribution in [-0.4, -0.2) is 36.5 Å². The van der Waals surface area contributed by atoms with Gasteiger partial charge in [-0.15, -0.1) is 0 Å². The topological polar surface area (TPSA) is 32.3 Å². The Bertz CT molecular complexity index is 427. The van der Waals surface area contributed by atoms with Crippen molar-refractivity contribution in [3.05, 3.63) is 33.4 Å². The molecule has 1 saturated heterocycles. The van der Waals surface area contributed by atoms with Gasteiger partial charge in [-0.2, -0.15) is 0 Å². The van der Waals surface area contributed by atoms with Gasteiger partial charge in [0.25, 0.3) is 5.91 Å². The molecule has 20 heavy (non-hydrogen) atoms. The minimum atomic E-state index is 0.170. The van der Waals surface area contributed by atoms with E-state index in [1.807, 2.05) is 29.2 Å². The summed E-state index contributed by atoms with van der Waals surface area (Å²) >= 11 is 2.27. The van der Waals surface area contributed by atoms with E-state index in [4.69, 9.17) is 0 Å². The van der Waals surface area contributed by atoms with Crippen molar-refractivity contribution in [2.75, 3.05) is 19.6 Å². The number of rotatable bonds is 6. The van der Waals surface area contributed by atoms with Crippen LogP contribution in [0.1, 0.15) is 43.0 Å². The Morgan fingerprint density at radius 2 is 2.15 bits per heavy atom. The predicted octanol–water partition coefficient (Wildman–Crippen LogP) is 3.29. The fraction of sp³-hybridized carbons (Fsp3) is 0.562. The lowest BCUT2D eigenvalue weighted by molar-refractivity contribution is 0.0739. The normalized spacial score (nSPS) is 18.2. The molecule has 2 rings (SSSR count). The number of nitrogens with zero attached hydrogens (tertiary/aromatic N) is 1. The third-order valence-corrected chi connectivity index (χ3v) is 4.48. The predicted molar refractivity (Wildman–Crippen MR) is 91.0 cm³/mol. The van der Waals surface area contributed by atoms with Gasteiger partial charge in [-0.05, 0) is 72.7 Å². The Morgan fingerprint density at radius 1 is 1.40 bits per heavy atom. The van der Waals surface area contributed by atoms with Crippen LogP contribution in [0.3, 0.4) is 0 Å². The van der Waals surface area contributed by atoms with Crippen LogP contribution in [0, 0.1) is 3.57 Å². The summed E-state index contributed by atoms with van der Waals surface area (Å²) in [6.45, 7) is 4.95. The number of nitrogens with one attached hydrogen (secondary N) is 1.